The van der Waals surface area contributed by atoms with Crippen molar-refractivity contribution in [3.8, 4) is 0 Å². The fourth-order valence-electron chi connectivity index (χ4n) is 3.20. The van der Waals surface area contributed by atoms with Crippen LogP contribution in [0, 0.1) is 0 Å². The Hall–Kier alpha value is -2.41. The van der Waals surface area contributed by atoms with E-state index in [4.69, 9.17) is 4.74 Å². The van der Waals surface area contributed by atoms with Crippen LogP contribution in [0.5, 0.6) is 0 Å². The Morgan fingerprint density at radius 1 is 1.28 bits per heavy atom. The summed E-state index contributed by atoms with van der Waals surface area (Å²) in [4.78, 5) is 37.1. The molecule has 0 radical (unpaired) electrons. The first-order chi connectivity index (χ1) is 12.0. The molecule has 0 spiro atoms. The van der Waals surface area contributed by atoms with Crippen molar-refractivity contribution < 1.29 is 19.1 Å². The number of imide groups is 1. The summed E-state index contributed by atoms with van der Waals surface area (Å²) < 4.78 is 5.58. The smallest absolute Gasteiger partial charge is 0.319 e. The first-order valence-corrected chi connectivity index (χ1v) is 8.65. The lowest BCUT2D eigenvalue weighted by Gasteiger charge is -2.21. The number of rotatable bonds is 5. The molecule has 1 aromatic carbocycles. The molecule has 0 bridgehead atoms. The van der Waals surface area contributed by atoms with E-state index < -0.39 is 0 Å². The molecule has 0 aromatic heterocycles. The van der Waals surface area contributed by atoms with Gasteiger partial charge in [0, 0.05) is 25.1 Å². The van der Waals surface area contributed by atoms with Crippen LogP contribution in [-0.4, -0.2) is 41.5 Å². The highest BCUT2D eigenvalue weighted by Crippen LogP contribution is 2.21. The van der Waals surface area contributed by atoms with Crippen LogP contribution in [-0.2, 0) is 20.9 Å². The topological polar surface area (TPSA) is 87.7 Å². The number of urea groups is 1. The van der Waals surface area contributed by atoms with Gasteiger partial charge in [-0.25, -0.2) is 4.79 Å². The van der Waals surface area contributed by atoms with Gasteiger partial charge in [-0.3, -0.25) is 14.5 Å². The standard InChI is InChI=1S/C18H23N3O4/c1-12(15-7-4-10-25-15)19-18(24)20-14-6-3-2-5-13(14)11-21-16(22)8-9-17(21)23/h2-3,5-6,12,15H,4,7-11H2,1H3,(H2,19,20,24)/t12-,15-/m0/s1. The highest BCUT2D eigenvalue weighted by atomic mass is 16.5. The number of ether oxygens (including phenoxy) is 1. The number of carbonyl (C=O) groups excluding carboxylic acids is 3. The largest absolute Gasteiger partial charge is 0.376 e. The summed E-state index contributed by atoms with van der Waals surface area (Å²) in [6.07, 6.45) is 2.51. The number of carbonyl (C=O) groups is 3. The Bertz CT molecular complexity index is 654. The molecule has 2 aliphatic rings. The molecule has 25 heavy (non-hydrogen) atoms. The van der Waals surface area contributed by atoms with Crippen LogP contribution in [0.25, 0.3) is 0 Å². The van der Waals surface area contributed by atoms with Gasteiger partial charge in [-0.2, -0.15) is 0 Å². The van der Waals surface area contributed by atoms with Crippen LogP contribution < -0.4 is 10.6 Å². The summed E-state index contributed by atoms with van der Waals surface area (Å²) >= 11 is 0. The monoisotopic (exact) mass is 345 g/mol. The summed E-state index contributed by atoms with van der Waals surface area (Å²) in [6.45, 7) is 2.83. The van der Waals surface area contributed by atoms with E-state index in [1.54, 1.807) is 18.2 Å². The fourth-order valence-corrected chi connectivity index (χ4v) is 3.20. The molecule has 7 nitrogen and oxygen atoms in total. The number of amides is 4. The lowest BCUT2D eigenvalue weighted by molar-refractivity contribution is -0.139. The predicted octanol–water partition coefficient (Wildman–Crippen LogP) is 2.02. The molecule has 7 heteroatoms. The van der Waals surface area contributed by atoms with Crippen LogP contribution in [0.2, 0.25) is 0 Å². The minimum absolute atomic E-state index is 0.0424. The van der Waals surface area contributed by atoms with Gasteiger partial charge in [-0.1, -0.05) is 18.2 Å². The zero-order valence-corrected chi connectivity index (χ0v) is 14.3. The van der Waals surface area contributed by atoms with Crippen LogP contribution >= 0.6 is 0 Å². The van der Waals surface area contributed by atoms with Crippen molar-refractivity contribution in [2.24, 2.45) is 0 Å². The molecule has 134 valence electrons. The van der Waals surface area contributed by atoms with Crippen LogP contribution in [0.1, 0.15) is 38.2 Å². The second kappa shape index (κ2) is 7.65. The van der Waals surface area contributed by atoms with E-state index in [-0.39, 0.29) is 49.4 Å². The van der Waals surface area contributed by atoms with Crippen molar-refractivity contribution in [1.29, 1.82) is 0 Å². The first kappa shape index (κ1) is 17.4. The van der Waals surface area contributed by atoms with Crippen LogP contribution in [0.15, 0.2) is 24.3 Å². The summed E-state index contributed by atoms with van der Waals surface area (Å²) in [5.74, 6) is -0.340. The second-order valence-electron chi connectivity index (χ2n) is 6.47. The van der Waals surface area contributed by atoms with Gasteiger partial charge in [0.05, 0.1) is 18.7 Å². The van der Waals surface area contributed by atoms with Crippen molar-refractivity contribution in [1.82, 2.24) is 10.2 Å². The first-order valence-electron chi connectivity index (χ1n) is 8.65. The van der Waals surface area contributed by atoms with Gasteiger partial charge in [0.2, 0.25) is 11.8 Å². The third-order valence-electron chi connectivity index (χ3n) is 4.63. The van der Waals surface area contributed by atoms with Gasteiger partial charge < -0.3 is 15.4 Å². The Kier molecular flexibility index (Phi) is 5.33. The van der Waals surface area contributed by atoms with Crippen molar-refractivity contribution in [2.45, 2.75) is 51.3 Å². The summed E-state index contributed by atoms with van der Waals surface area (Å²) in [5.41, 5.74) is 1.32. The van der Waals surface area contributed by atoms with Crippen LogP contribution in [0.3, 0.4) is 0 Å². The van der Waals surface area contributed by atoms with E-state index in [0.29, 0.717) is 5.69 Å². The number of hydrogen-bond donors (Lipinski definition) is 2. The molecule has 1 aromatic rings. The molecule has 2 saturated heterocycles. The Labute approximate surface area is 146 Å². The molecule has 2 N–H and O–H groups in total. The zero-order valence-electron chi connectivity index (χ0n) is 14.3. The number of nitrogens with zero attached hydrogens (tertiary/aromatic N) is 1. The van der Waals surface area contributed by atoms with E-state index in [0.717, 1.165) is 25.0 Å². The highest BCUT2D eigenvalue weighted by molar-refractivity contribution is 6.02. The van der Waals surface area contributed by atoms with Crippen LogP contribution in [0.4, 0.5) is 10.5 Å². The molecule has 2 atom stereocenters. The fraction of sp³-hybridized carbons (Fsp3) is 0.500. The molecule has 2 heterocycles. The van der Waals surface area contributed by atoms with Gasteiger partial charge >= 0.3 is 6.03 Å². The Morgan fingerprint density at radius 2 is 2.00 bits per heavy atom. The van der Waals surface area contributed by atoms with E-state index >= 15 is 0 Å². The van der Waals surface area contributed by atoms with Gasteiger partial charge in [0.1, 0.15) is 0 Å². The lowest BCUT2D eigenvalue weighted by atomic mass is 10.1. The molecule has 0 saturated carbocycles. The molecule has 2 fully saturated rings. The van der Waals surface area contributed by atoms with Gasteiger partial charge in [0.25, 0.3) is 0 Å². The molecule has 2 aliphatic heterocycles. The number of anilines is 1. The third kappa shape index (κ3) is 4.17. The number of likely N-dealkylation sites (tertiary alicyclic amines) is 1. The Balaban J connectivity index is 1.63. The van der Waals surface area contributed by atoms with E-state index in [1.807, 2.05) is 13.0 Å². The number of benzene rings is 1. The van der Waals surface area contributed by atoms with E-state index in [9.17, 15) is 14.4 Å². The van der Waals surface area contributed by atoms with Crippen molar-refractivity contribution in [3.63, 3.8) is 0 Å². The maximum atomic E-state index is 12.3. The molecule has 4 amide bonds. The van der Waals surface area contributed by atoms with Crippen molar-refractivity contribution in [3.05, 3.63) is 29.8 Å². The lowest BCUT2D eigenvalue weighted by Crippen LogP contribution is -2.43. The molecule has 3 rings (SSSR count). The summed E-state index contributed by atoms with van der Waals surface area (Å²) in [5, 5.41) is 5.70. The average molecular weight is 345 g/mol. The predicted molar refractivity (Wildman–Crippen MR) is 91.8 cm³/mol. The number of para-hydroxylation sites is 1. The molecular formula is C18H23N3O4. The normalized spacial score (nSPS) is 21.5. The zero-order chi connectivity index (χ0) is 17.8. The molecule has 0 aliphatic carbocycles. The maximum absolute atomic E-state index is 12.3. The number of hydrogen-bond acceptors (Lipinski definition) is 4. The molecule has 0 unspecified atom stereocenters. The SMILES string of the molecule is C[C@H](NC(=O)Nc1ccccc1CN1C(=O)CCC1=O)[C@@H]1CCCO1. The average Bonchev–Trinajstić information content (AvgIpc) is 3.22. The van der Waals surface area contributed by atoms with Crippen molar-refractivity contribution in [2.75, 3.05) is 11.9 Å². The minimum Gasteiger partial charge on any atom is -0.376 e. The minimum atomic E-state index is -0.325. The number of nitrogens with one attached hydrogen (secondary N) is 2. The quantitative estimate of drug-likeness (QED) is 0.799. The third-order valence-corrected chi connectivity index (χ3v) is 4.63. The summed E-state index contributed by atoms with van der Waals surface area (Å²) in [7, 11) is 0. The van der Waals surface area contributed by atoms with E-state index in [2.05, 4.69) is 10.6 Å². The second-order valence-corrected chi connectivity index (χ2v) is 6.47. The highest BCUT2D eigenvalue weighted by Gasteiger charge is 2.29. The summed E-state index contributed by atoms with van der Waals surface area (Å²) in [6, 6.07) is 6.77. The maximum Gasteiger partial charge on any atom is 0.319 e. The van der Waals surface area contributed by atoms with Gasteiger partial charge in [0.15, 0.2) is 0 Å². The van der Waals surface area contributed by atoms with E-state index in [1.165, 1.54) is 4.90 Å². The van der Waals surface area contributed by atoms with Crippen molar-refractivity contribution >= 4 is 23.5 Å². The molecular weight excluding hydrogens is 322 g/mol. The van der Waals surface area contributed by atoms with Gasteiger partial charge in [-0.05, 0) is 31.4 Å². The Morgan fingerprint density at radius 3 is 2.68 bits per heavy atom. The van der Waals surface area contributed by atoms with Gasteiger partial charge in [-0.15, -0.1) is 0 Å².